The Morgan fingerprint density at radius 3 is 2.37 bits per heavy atom. The molecule has 2 aromatic carbocycles. The van der Waals surface area contributed by atoms with Gasteiger partial charge in [-0.3, -0.25) is 4.79 Å². The number of hydrogen-bond donors (Lipinski definition) is 2. The third-order valence-corrected chi connectivity index (χ3v) is 5.63. The third kappa shape index (κ3) is 7.38. The predicted molar refractivity (Wildman–Crippen MR) is 119 cm³/mol. The summed E-state index contributed by atoms with van der Waals surface area (Å²) in [6.45, 7) is 0.232. The van der Waals surface area contributed by atoms with Crippen LogP contribution in [0.1, 0.15) is 43.2 Å². The van der Waals surface area contributed by atoms with Crippen molar-refractivity contribution in [2.75, 3.05) is 6.61 Å². The minimum atomic E-state index is -0.669. The van der Waals surface area contributed by atoms with Crippen LogP contribution in [0.15, 0.2) is 54.6 Å². The summed E-state index contributed by atoms with van der Waals surface area (Å²) in [4.78, 5) is 25.2. The van der Waals surface area contributed by atoms with Gasteiger partial charge >= 0.3 is 6.09 Å². The van der Waals surface area contributed by atoms with E-state index in [-0.39, 0.29) is 18.6 Å². The minimum absolute atomic E-state index is 0.152. The van der Waals surface area contributed by atoms with Crippen molar-refractivity contribution in [1.82, 2.24) is 10.6 Å². The maximum absolute atomic E-state index is 12.9. The van der Waals surface area contributed by atoms with Crippen LogP contribution >= 0.6 is 11.6 Å². The maximum atomic E-state index is 12.9. The average Bonchev–Trinajstić information content (AvgIpc) is 2.76. The third-order valence-electron chi connectivity index (χ3n) is 5.38. The first kappa shape index (κ1) is 22.2. The Balaban J connectivity index is 1.54. The quantitative estimate of drug-likeness (QED) is 0.642. The van der Waals surface area contributed by atoms with Gasteiger partial charge in [-0.15, -0.1) is 0 Å². The second kappa shape index (κ2) is 11.6. The van der Waals surface area contributed by atoms with Gasteiger partial charge in [0.2, 0.25) is 5.91 Å². The van der Waals surface area contributed by atoms with E-state index in [2.05, 4.69) is 10.6 Å². The van der Waals surface area contributed by atoms with E-state index in [0.29, 0.717) is 17.9 Å². The zero-order valence-corrected chi connectivity index (χ0v) is 17.9. The second-order valence-corrected chi connectivity index (χ2v) is 8.18. The molecule has 0 radical (unpaired) electrons. The predicted octanol–water partition coefficient (Wildman–Crippen LogP) is 4.67. The lowest BCUT2D eigenvalue weighted by Crippen LogP contribution is -2.51. The van der Waals surface area contributed by atoms with Gasteiger partial charge in [-0.1, -0.05) is 73.3 Å². The van der Waals surface area contributed by atoms with E-state index in [1.165, 1.54) is 6.42 Å². The molecule has 3 rings (SSSR count). The van der Waals surface area contributed by atoms with Crippen molar-refractivity contribution < 1.29 is 14.3 Å². The Kier molecular flexibility index (Phi) is 8.57. The van der Waals surface area contributed by atoms with E-state index in [4.69, 9.17) is 16.3 Å². The summed E-state index contributed by atoms with van der Waals surface area (Å²) in [5.74, 6) is -0.152. The summed E-state index contributed by atoms with van der Waals surface area (Å²) in [6.07, 6.45) is 5.91. The maximum Gasteiger partial charge on any atom is 0.407 e. The molecule has 1 atom stereocenters. The molecule has 0 aliphatic heterocycles. The van der Waals surface area contributed by atoms with Gasteiger partial charge in [-0.2, -0.15) is 0 Å². The SMILES string of the molecule is O=C(NC(Cc1ccccc1)C(=O)NC1CCCCC1)OCCc1ccc(Cl)cc1. The topological polar surface area (TPSA) is 67.4 Å². The molecule has 5 nitrogen and oxygen atoms in total. The Hall–Kier alpha value is -2.53. The number of halogens is 1. The number of alkyl carbamates (subject to hydrolysis) is 1. The minimum Gasteiger partial charge on any atom is -0.449 e. The van der Waals surface area contributed by atoms with Crippen molar-refractivity contribution in [3.8, 4) is 0 Å². The fraction of sp³-hybridized carbons (Fsp3) is 0.417. The molecule has 2 amide bonds. The standard InChI is InChI=1S/C24H29ClN2O3/c25-20-13-11-18(12-14-20)15-16-30-24(29)27-22(17-19-7-3-1-4-8-19)23(28)26-21-9-5-2-6-10-21/h1,3-4,7-8,11-14,21-22H,2,5-6,9-10,15-17H2,(H,26,28)(H,27,29). The van der Waals surface area contributed by atoms with Crippen LogP contribution in [0, 0.1) is 0 Å². The first-order valence-corrected chi connectivity index (χ1v) is 11.0. The lowest BCUT2D eigenvalue weighted by atomic mass is 9.95. The van der Waals surface area contributed by atoms with Crippen LogP contribution in [0.5, 0.6) is 0 Å². The monoisotopic (exact) mass is 428 g/mol. The van der Waals surface area contributed by atoms with E-state index in [1.807, 2.05) is 54.6 Å². The largest absolute Gasteiger partial charge is 0.449 e. The van der Waals surface area contributed by atoms with Gasteiger partial charge in [-0.25, -0.2) is 4.79 Å². The average molecular weight is 429 g/mol. The van der Waals surface area contributed by atoms with Crippen molar-refractivity contribution >= 4 is 23.6 Å². The van der Waals surface area contributed by atoms with Crippen LogP contribution in [-0.2, 0) is 22.4 Å². The van der Waals surface area contributed by atoms with Gasteiger partial charge in [0.15, 0.2) is 0 Å². The number of nitrogens with one attached hydrogen (secondary N) is 2. The van der Waals surface area contributed by atoms with Crippen molar-refractivity contribution in [1.29, 1.82) is 0 Å². The number of ether oxygens (including phenoxy) is 1. The molecule has 6 heteroatoms. The molecule has 2 aromatic rings. The highest BCUT2D eigenvalue weighted by molar-refractivity contribution is 6.30. The molecule has 1 aliphatic rings. The van der Waals surface area contributed by atoms with Crippen LogP contribution in [0.4, 0.5) is 4.79 Å². The molecular formula is C24H29ClN2O3. The number of amides is 2. The first-order valence-electron chi connectivity index (χ1n) is 10.6. The van der Waals surface area contributed by atoms with Gasteiger partial charge in [0.05, 0.1) is 6.61 Å². The normalized spacial score (nSPS) is 15.2. The van der Waals surface area contributed by atoms with Crippen LogP contribution in [0.3, 0.4) is 0 Å². The summed E-state index contributed by atoms with van der Waals surface area (Å²) in [6, 6.07) is 16.6. The highest BCUT2D eigenvalue weighted by atomic mass is 35.5. The van der Waals surface area contributed by atoms with Crippen LogP contribution < -0.4 is 10.6 Å². The first-order chi connectivity index (χ1) is 14.6. The van der Waals surface area contributed by atoms with E-state index in [1.54, 1.807) is 0 Å². The molecule has 0 spiro atoms. The summed E-state index contributed by atoms with van der Waals surface area (Å²) in [7, 11) is 0. The summed E-state index contributed by atoms with van der Waals surface area (Å²) < 4.78 is 5.32. The molecule has 1 aliphatic carbocycles. The fourth-order valence-electron chi connectivity index (χ4n) is 3.70. The number of rotatable bonds is 8. The van der Waals surface area contributed by atoms with Crippen LogP contribution in [0.2, 0.25) is 5.02 Å². The number of carbonyl (C=O) groups excluding carboxylic acids is 2. The van der Waals surface area contributed by atoms with E-state index < -0.39 is 12.1 Å². The number of carbonyl (C=O) groups is 2. The Morgan fingerprint density at radius 2 is 1.67 bits per heavy atom. The highest BCUT2D eigenvalue weighted by Gasteiger charge is 2.25. The Morgan fingerprint density at radius 1 is 0.967 bits per heavy atom. The molecule has 0 aromatic heterocycles. The Labute approximate surface area is 183 Å². The van der Waals surface area contributed by atoms with E-state index >= 15 is 0 Å². The lowest BCUT2D eigenvalue weighted by Gasteiger charge is -2.26. The molecule has 0 heterocycles. The molecule has 2 N–H and O–H groups in total. The smallest absolute Gasteiger partial charge is 0.407 e. The summed E-state index contributed by atoms with van der Waals surface area (Å²) >= 11 is 5.89. The molecule has 1 saturated carbocycles. The van der Waals surface area contributed by atoms with Gasteiger partial charge in [0.1, 0.15) is 6.04 Å². The number of benzene rings is 2. The zero-order valence-electron chi connectivity index (χ0n) is 17.1. The van der Waals surface area contributed by atoms with E-state index in [9.17, 15) is 9.59 Å². The van der Waals surface area contributed by atoms with E-state index in [0.717, 1.165) is 36.8 Å². The molecular weight excluding hydrogens is 400 g/mol. The summed E-state index contributed by atoms with van der Waals surface area (Å²) in [5.41, 5.74) is 2.02. The van der Waals surface area contributed by atoms with Crippen molar-refractivity contribution in [3.05, 3.63) is 70.7 Å². The Bertz CT molecular complexity index is 805. The van der Waals surface area contributed by atoms with Crippen molar-refractivity contribution in [3.63, 3.8) is 0 Å². The molecule has 1 unspecified atom stereocenters. The van der Waals surface area contributed by atoms with Gasteiger partial charge in [0.25, 0.3) is 0 Å². The lowest BCUT2D eigenvalue weighted by molar-refractivity contribution is -0.124. The molecule has 0 bridgehead atoms. The van der Waals surface area contributed by atoms with Gasteiger partial charge < -0.3 is 15.4 Å². The highest BCUT2D eigenvalue weighted by Crippen LogP contribution is 2.17. The van der Waals surface area contributed by atoms with Gasteiger partial charge in [0, 0.05) is 23.9 Å². The van der Waals surface area contributed by atoms with Crippen molar-refractivity contribution in [2.24, 2.45) is 0 Å². The molecule has 160 valence electrons. The van der Waals surface area contributed by atoms with Crippen molar-refractivity contribution in [2.45, 2.75) is 57.0 Å². The molecule has 30 heavy (non-hydrogen) atoms. The van der Waals surface area contributed by atoms with Crippen LogP contribution in [0.25, 0.3) is 0 Å². The fourth-order valence-corrected chi connectivity index (χ4v) is 3.83. The van der Waals surface area contributed by atoms with Gasteiger partial charge in [-0.05, 0) is 36.1 Å². The second-order valence-electron chi connectivity index (χ2n) is 7.74. The molecule has 0 saturated heterocycles. The van der Waals surface area contributed by atoms with Crippen LogP contribution in [-0.4, -0.2) is 30.7 Å². The summed E-state index contributed by atoms with van der Waals surface area (Å²) in [5, 5.41) is 6.54. The number of hydrogen-bond acceptors (Lipinski definition) is 3. The zero-order chi connectivity index (χ0) is 21.2. The molecule has 1 fully saturated rings.